The Balaban J connectivity index is 1.83. The summed E-state index contributed by atoms with van der Waals surface area (Å²) in [5, 5.41) is 2.93. The first kappa shape index (κ1) is 12.3. The van der Waals surface area contributed by atoms with Crippen LogP contribution in [-0.2, 0) is 0 Å². The van der Waals surface area contributed by atoms with Crippen molar-refractivity contribution in [3.05, 3.63) is 59.7 Å². The van der Waals surface area contributed by atoms with E-state index < -0.39 is 0 Å². The SMILES string of the molecule is Cc1ccc2c(c1)N1C(=O)NCC1C(c1ccccc1)O2. The molecule has 0 bridgehead atoms. The molecule has 2 aliphatic rings. The summed E-state index contributed by atoms with van der Waals surface area (Å²) >= 11 is 0. The van der Waals surface area contributed by atoms with Crippen LogP contribution in [0.15, 0.2) is 48.5 Å². The van der Waals surface area contributed by atoms with E-state index in [1.807, 2.05) is 60.4 Å². The Hall–Kier alpha value is -2.49. The van der Waals surface area contributed by atoms with Gasteiger partial charge in [-0.3, -0.25) is 4.90 Å². The molecule has 2 unspecified atom stereocenters. The molecular weight excluding hydrogens is 264 g/mol. The van der Waals surface area contributed by atoms with Gasteiger partial charge in [0.25, 0.3) is 0 Å². The van der Waals surface area contributed by atoms with Crippen LogP contribution in [0.1, 0.15) is 17.2 Å². The number of urea groups is 1. The van der Waals surface area contributed by atoms with Crippen molar-refractivity contribution in [1.82, 2.24) is 5.32 Å². The minimum absolute atomic E-state index is 0.00537. The molecule has 0 aliphatic carbocycles. The van der Waals surface area contributed by atoms with Gasteiger partial charge in [0, 0.05) is 6.54 Å². The van der Waals surface area contributed by atoms with Crippen LogP contribution in [0.3, 0.4) is 0 Å². The molecule has 4 rings (SSSR count). The molecule has 0 aromatic heterocycles. The number of anilines is 1. The van der Waals surface area contributed by atoms with Gasteiger partial charge in [0.2, 0.25) is 0 Å². The van der Waals surface area contributed by atoms with Crippen molar-refractivity contribution >= 4 is 11.7 Å². The summed E-state index contributed by atoms with van der Waals surface area (Å²) in [6.07, 6.45) is -0.139. The highest BCUT2D eigenvalue weighted by Crippen LogP contribution is 2.43. The number of nitrogens with one attached hydrogen (secondary N) is 1. The zero-order chi connectivity index (χ0) is 14.4. The lowest BCUT2D eigenvalue weighted by Crippen LogP contribution is -2.43. The molecule has 0 saturated carbocycles. The molecule has 0 spiro atoms. The lowest BCUT2D eigenvalue weighted by atomic mass is 9.98. The Morgan fingerprint density at radius 3 is 2.81 bits per heavy atom. The van der Waals surface area contributed by atoms with E-state index in [1.165, 1.54) is 0 Å². The van der Waals surface area contributed by atoms with Crippen LogP contribution in [0.5, 0.6) is 5.75 Å². The highest BCUT2D eigenvalue weighted by atomic mass is 16.5. The molecule has 4 heteroatoms. The van der Waals surface area contributed by atoms with Crippen LogP contribution in [0.2, 0.25) is 0 Å². The first-order valence-corrected chi connectivity index (χ1v) is 7.13. The van der Waals surface area contributed by atoms with Gasteiger partial charge < -0.3 is 10.1 Å². The second-order valence-corrected chi connectivity index (χ2v) is 5.54. The van der Waals surface area contributed by atoms with E-state index in [-0.39, 0.29) is 18.2 Å². The van der Waals surface area contributed by atoms with Crippen LogP contribution in [0.25, 0.3) is 0 Å². The topological polar surface area (TPSA) is 41.6 Å². The van der Waals surface area contributed by atoms with Gasteiger partial charge in [0.1, 0.15) is 11.9 Å². The number of rotatable bonds is 1. The molecule has 2 aromatic rings. The second kappa shape index (κ2) is 4.52. The summed E-state index contributed by atoms with van der Waals surface area (Å²) in [7, 11) is 0. The van der Waals surface area contributed by atoms with E-state index >= 15 is 0 Å². The Bertz CT molecular complexity index is 699. The van der Waals surface area contributed by atoms with Gasteiger partial charge in [0.05, 0.1) is 11.7 Å². The Kier molecular flexibility index (Phi) is 2.64. The fraction of sp³-hybridized carbons (Fsp3) is 0.235. The average Bonchev–Trinajstić information content (AvgIpc) is 2.90. The number of hydrogen-bond donors (Lipinski definition) is 1. The van der Waals surface area contributed by atoms with Crippen LogP contribution < -0.4 is 15.0 Å². The van der Waals surface area contributed by atoms with Gasteiger partial charge in [-0.05, 0) is 30.2 Å². The first-order valence-electron chi connectivity index (χ1n) is 7.13. The van der Waals surface area contributed by atoms with Crippen LogP contribution in [0.4, 0.5) is 10.5 Å². The van der Waals surface area contributed by atoms with Gasteiger partial charge >= 0.3 is 6.03 Å². The molecular formula is C17H16N2O2. The molecule has 1 N–H and O–H groups in total. The average molecular weight is 280 g/mol. The van der Waals surface area contributed by atoms with Crippen molar-refractivity contribution in [3.63, 3.8) is 0 Å². The van der Waals surface area contributed by atoms with Crippen molar-refractivity contribution in [2.75, 3.05) is 11.4 Å². The van der Waals surface area contributed by atoms with Crippen molar-refractivity contribution in [2.24, 2.45) is 0 Å². The number of aryl methyl sites for hydroxylation is 1. The molecule has 0 radical (unpaired) electrons. The third-order valence-electron chi connectivity index (χ3n) is 4.12. The van der Waals surface area contributed by atoms with Gasteiger partial charge in [-0.1, -0.05) is 36.4 Å². The number of fused-ring (bicyclic) bond motifs is 3. The predicted molar refractivity (Wildman–Crippen MR) is 80.7 cm³/mol. The molecule has 2 heterocycles. The maximum Gasteiger partial charge on any atom is 0.322 e. The van der Waals surface area contributed by atoms with Crippen molar-refractivity contribution in [2.45, 2.75) is 19.1 Å². The smallest absolute Gasteiger partial charge is 0.322 e. The van der Waals surface area contributed by atoms with Crippen molar-refractivity contribution in [3.8, 4) is 5.75 Å². The van der Waals surface area contributed by atoms with Crippen LogP contribution in [-0.4, -0.2) is 18.6 Å². The summed E-state index contributed by atoms with van der Waals surface area (Å²) < 4.78 is 6.20. The number of hydrogen-bond acceptors (Lipinski definition) is 2. The molecule has 1 saturated heterocycles. The van der Waals surface area contributed by atoms with E-state index in [2.05, 4.69) is 5.32 Å². The highest BCUT2D eigenvalue weighted by Gasteiger charge is 2.44. The predicted octanol–water partition coefficient (Wildman–Crippen LogP) is 3.03. The molecule has 106 valence electrons. The van der Waals surface area contributed by atoms with Gasteiger partial charge in [-0.15, -0.1) is 0 Å². The Morgan fingerprint density at radius 2 is 2.00 bits per heavy atom. The van der Waals surface area contributed by atoms with Crippen molar-refractivity contribution in [1.29, 1.82) is 0 Å². The Labute approximate surface area is 123 Å². The molecule has 2 aliphatic heterocycles. The lowest BCUT2D eigenvalue weighted by molar-refractivity contribution is 0.165. The standard InChI is InChI=1S/C17H16N2O2/c1-11-7-8-15-13(9-11)19-14(10-18-17(19)20)16(21-15)12-5-3-2-4-6-12/h2-9,14,16H,10H2,1H3,(H,18,20). The summed E-state index contributed by atoms with van der Waals surface area (Å²) in [4.78, 5) is 14.1. The second-order valence-electron chi connectivity index (χ2n) is 5.54. The number of benzene rings is 2. The van der Waals surface area contributed by atoms with Gasteiger partial charge in [-0.2, -0.15) is 0 Å². The van der Waals surface area contributed by atoms with Crippen molar-refractivity contribution < 1.29 is 9.53 Å². The van der Waals surface area contributed by atoms with E-state index in [0.717, 1.165) is 22.6 Å². The van der Waals surface area contributed by atoms with Crippen LogP contribution in [0, 0.1) is 6.92 Å². The van der Waals surface area contributed by atoms with Crippen LogP contribution >= 0.6 is 0 Å². The highest BCUT2D eigenvalue weighted by molar-refractivity contribution is 5.97. The molecule has 21 heavy (non-hydrogen) atoms. The summed E-state index contributed by atoms with van der Waals surface area (Å²) in [5.74, 6) is 0.766. The number of nitrogens with zero attached hydrogens (tertiary/aromatic N) is 1. The normalized spacial score (nSPS) is 23.1. The van der Waals surface area contributed by atoms with E-state index in [9.17, 15) is 4.79 Å². The number of amides is 2. The van der Waals surface area contributed by atoms with E-state index in [4.69, 9.17) is 4.74 Å². The molecule has 1 fully saturated rings. The van der Waals surface area contributed by atoms with Gasteiger partial charge in [-0.25, -0.2) is 4.79 Å². The lowest BCUT2D eigenvalue weighted by Gasteiger charge is -2.37. The largest absolute Gasteiger partial charge is 0.481 e. The fourth-order valence-electron chi connectivity index (χ4n) is 3.11. The first-order chi connectivity index (χ1) is 10.2. The third-order valence-corrected chi connectivity index (χ3v) is 4.12. The molecule has 2 atom stereocenters. The number of carbonyl (C=O) groups excluding carboxylic acids is 1. The Morgan fingerprint density at radius 1 is 1.19 bits per heavy atom. The van der Waals surface area contributed by atoms with E-state index in [1.54, 1.807) is 0 Å². The zero-order valence-electron chi connectivity index (χ0n) is 11.7. The minimum atomic E-state index is -0.139. The summed E-state index contributed by atoms with van der Waals surface area (Å²) in [5.41, 5.74) is 3.08. The fourth-order valence-corrected chi connectivity index (χ4v) is 3.11. The summed E-state index contributed by atoms with van der Waals surface area (Å²) in [6, 6.07) is 16.0. The quantitative estimate of drug-likeness (QED) is 0.872. The monoisotopic (exact) mass is 280 g/mol. The molecule has 4 nitrogen and oxygen atoms in total. The third kappa shape index (κ3) is 1.87. The number of carbonyl (C=O) groups is 1. The van der Waals surface area contributed by atoms with Gasteiger partial charge in [0.15, 0.2) is 0 Å². The zero-order valence-corrected chi connectivity index (χ0v) is 11.7. The van der Waals surface area contributed by atoms with E-state index in [0.29, 0.717) is 6.54 Å². The molecule has 2 amide bonds. The molecule has 2 aromatic carbocycles. The number of ether oxygens (including phenoxy) is 1. The maximum absolute atomic E-state index is 12.2. The summed E-state index contributed by atoms with van der Waals surface area (Å²) in [6.45, 7) is 2.62. The maximum atomic E-state index is 12.2. The minimum Gasteiger partial charge on any atom is -0.481 e.